The van der Waals surface area contributed by atoms with Crippen LogP contribution in [0.25, 0.3) is 0 Å². The van der Waals surface area contributed by atoms with Crippen molar-refractivity contribution in [1.82, 2.24) is 0 Å². The van der Waals surface area contributed by atoms with Gasteiger partial charge in [0, 0.05) is 5.41 Å². The van der Waals surface area contributed by atoms with E-state index in [4.69, 9.17) is 10.00 Å². The van der Waals surface area contributed by atoms with Gasteiger partial charge in [-0.3, -0.25) is 4.79 Å². The number of nitriles is 1. The Kier molecular flexibility index (Phi) is 4.19. The molecule has 0 fully saturated rings. The normalized spacial score (nSPS) is 12.8. The molecule has 0 heterocycles. The minimum absolute atomic E-state index is 0.296. The Morgan fingerprint density at radius 3 is 2.62 bits per heavy atom. The van der Waals surface area contributed by atoms with Gasteiger partial charge >= 0.3 is 5.97 Å². The SMILES string of the molecule is C=CC(C)(C)C(C#N)C(=O)OCC. The minimum Gasteiger partial charge on any atom is -0.465 e. The number of hydrogen-bond acceptors (Lipinski definition) is 3. The van der Waals surface area contributed by atoms with Crippen LogP contribution in [0.15, 0.2) is 12.7 Å². The number of rotatable bonds is 4. The summed E-state index contributed by atoms with van der Waals surface area (Å²) in [6.45, 7) is 9.16. The summed E-state index contributed by atoms with van der Waals surface area (Å²) in [4.78, 5) is 11.3. The Balaban J connectivity index is 4.62. The summed E-state index contributed by atoms with van der Waals surface area (Å²) in [7, 11) is 0. The van der Waals surface area contributed by atoms with E-state index in [-0.39, 0.29) is 0 Å². The fraction of sp³-hybridized carbons (Fsp3) is 0.600. The lowest BCUT2D eigenvalue weighted by molar-refractivity contribution is -0.148. The standard InChI is InChI=1S/C10H15NO2/c1-5-10(3,4)8(7-11)9(12)13-6-2/h5,8H,1,6H2,2-4H3. The van der Waals surface area contributed by atoms with Gasteiger partial charge in [0.15, 0.2) is 5.92 Å². The van der Waals surface area contributed by atoms with Crippen molar-refractivity contribution in [1.29, 1.82) is 5.26 Å². The van der Waals surface area contributed by atoms with Crippen LogP contribution >= 0.6 is 0 Å². The van der Waals surface area contributed by atoms with Crippen LogP contribution in [-0.4, -0.2) is 12.6 Å². The zero-order valence-corrected chi connectivity index (χ0v) is 8.33. The first-order valence-corrected chi connectivity index (χ1v) is 4.19. The van der Waals surface area contributed by atoms with Gasteiger partial charge in [0.25, 0.3) is 0 Å². The molecule has 0 aromatic rings. The summed E-state index contributed by atoms with van der Waals surface area (Å²) in [5.41, 5.74) is -0.541. The highest BCUT2D eigenvalue weighted by Gasteiger charge is 2.33. The molecule has 0 rings (SSSR count). The Hall–Kier alpha value is -1.30. The second-order valence-corrected chi connectivity index (χ2v) is 3.34. The third kappa shape index (κ3) is 2.90. The zero-order chi connectivity index (χ0) is 10.5. The lowest BCUT2D eigenvalue weighted by atomic mass is 9.80. The maximum Gasteiger partial charge on any atom is 0.324 e. The molecule has 0 saturated heterocycles. The van der Waals surface area contributed by atoms with Gasteiger partial charge < -0.3 is 4.74 Å². The number of esters is 1. The van der Waals surface area contributed by atoms with Crippen molar-refractivity contribution in [3.05, 3.63) is 12.7 Å². The predicted octanol–water partition coefficient (Wildman–Crippen LogP) is 1.90. The molecule has 0 aromatic carbocycles. The number of allylic oxidation sites excluding steroid dienone is 1. The van der Waals surface area contributed by atoms with Gasteiger partial charge in [-0.15, -0.1) is 6.58 Å². The summed E-state index contributed by atoms with van der Waals surface area (Å²) in [6, 6.07) is 1.93. The number of hydrogen-bond donors (Lipinski definition) is 0. The molecule has 0 amide bonds. The molecule has 0 aromatic heterocycles. The average molecular weight is 181 g/mol. The summed E-state index contributed by atoms with van der Waals surface area (Å²) in [5, 5.41) is 8.79. The van der Waals surface area contributed by atoms with Crippen LogP contribution in [0.4, 0.5) is 0 Å². The van der Waals surface area contributed by atoms with Gasteiger partial charge in [0.05, 0.1) is 12.7 Å². The molecule has 1 atom stereocenters. The van der Waals surface area contributed by atoms with Gasteiger partial charge in [0.2, 0.25) is 0 Å². The third-order valence-corrected chi connectivity index (χ3v) is 1.92. The van der Waals surface area contributed by atoms with Crippen LogP contribution < -0.4 is 0 Å². The quantitative estimate of drug-likeness (QED) is 0.491. The van der Waals surface area contributed by atoms with Crippen LogP contribution in [0.3, 0.4) is 0 Å². The Bertz CT molecular complexity index is 238. The monoisotopic (exact) mass is 181 g/mol. The molecular weight excluding hydrogens is 166 g/mol. The summed E-state index contributed by atoms with van der Waals surface area (Å²) >= 11 is 0. The van der Waals surface area contributed by atoms with Gasteiger partial charge in [-0.2, -0.15) is 5.26 Å². The first kappa shape index (κ1) is 11.7. The van der Waals surface area contributed by atoms with E-state index in [9.17, 15) is 4.79 Å². The smallest absolute Gasteiger partial charge is 0.324 e. The second-order valence-electron chi connectivity index (χ2n) is 3.34. The molecule has 3 heteroatoms. The van der Waals surface area contributed by atoms with Gasteiger partial charge in [-0.1, -0.05) is 19.9 Å². The van der Waals surface area contributed by atoms with E-state index in [2.05, 4.69) is 6.58 Å². The Morgan fingerprint density at radius 2 is 2.31 bits per heavy atom. The maximum absolute atomic E-state index is 11.3. The molecule has 0 radical (unpaired) electrons. The molecule has 72 valence electrons. The van der Waals surface area contributed by atoms with Crippen molar-refractivity contribution in [2.75, 3.05) is 6.61 Å². The van der Waals surface area contributed by atoms with Crippen molar-refractivity contribution in [2.45, 2.75) is 20.8 Å². The van der Waals surface area contributed by atoms with E-state index in [1.54, 1.807) is 26.8 Å². The minimum atomic E-state index is -0.773. The van der Waals surface area contributed by atoms with Crippen LogP contribution in [0.5, 0.6) is 0 Å². The summed E-state index contributed by atoms with van der Waals surface area (Å²) in [5.74, 6) is -1.25. The molecule has 0 bridgehead atoms. The maximum atomic E-state index is 11.3. The first-order chi connectivity index (χ1) is 5.99. The summed E-state index contributed by atoms with van der Waals surface area (Å²) < 4.78 is 4.77. The highest BCUT2D eigenvalue weighted by Crippen LogP contribution is 2.28. The summed E-state index contributed by atoms with van der Waals surface area (Å²) in [6.07, 6.45) is 1.60. The topological polar surface area (TPSA) is 50.1 Å². The number of ether oxygens (including phenoxy) is 1. The second kappa shape index (κ2) is 4.66. The molecule has 0 aliphatic rings. The average Bonchev–Trinajstić information content (AvgIpc) is 2.05. The van der Waals surface area contributed by atoms with E-state index in [0.29, 0.717) is 6.61 Å². The van der Waals surface area contributed by atoms with Crippen LogP contribution in [-0.2, 0) is 9.53 Å². The number of carbonyl (C=O) groups excluding carboxylic acids is 1. The van der Waals surface area contributed by atoms with Gasteiger partial charge in [-0.05, 0) is 6.92 Å². The van der Waals surface area contributed by atoms with Crippen molar-refractivity contribution < 1.29 is 9.53 Å². The van der Waals surface area contributed by atoms with E-state index in [1.807, 2.05) is 6.07 Å². The molecule has 13 heavy (non-hydrogen) atoms. The fourth-order valence-corrected chi connectivity index (χ4v) is 0.866. The molecule has 1 unspecified atom stereocenters. The highest BCUT2D eigenvalue weighted by molar-refractivity contribution is 5.76. The molecule has 3 nitrogen and oxygen atoms in total. The van der Waals surface area contributed by atoms with Crippen LogP contribution in [0.1, 0.15) is 20.8 Å². The molecular formula is C10H15NO2. The molecule has 0 spiro atoms. The molecule has 0 N–H and O–H groups in total. The predicted molar refractivity (Wildman–Crippen MR) is 49.7 cm³/mol. The first-order valence-electron chi connectivity index (χ1n) is 4.19. The van der Waals surface area contributed by atoms with Gasteiger partial charge in [0.1, 0.15) is 0 Å². The van der Waals surface area contributed by atoms with Crippen molar-refractivity contribution >= 4 is 5.97 Å². The molecule has 0 saturated carbocycles. The van der Waals surface area contributed by atoms with Crippen molar-refractivity contribution in [2.24, 2.45) is 11.3 Å². The largest absolute Gasteiger partial charge is 0.465 e. The highest BCUT2D eigenvalue weighted by atomic mass is 16.5. The van der Waals surface area contributed by atoms with E-state index in [0.717, 1.165) is 0 Å². The Labute approximate surface area is 79.0 Å². The third-order valence-electron chi connectivity index (χ3n) is 1.92. The van der Waals surface area contributed by atoms with Gasteiger partial charge in [-0.25, -0.2) is 0 Å². The van der Waals surface area contributed by atoms with E-state index in [1.165, 1.54) is 0 Å². The Morgan fingerprint density at radius 1 is 1.77 bits per heavy atom. The van der Waals surface area contributed by atoms with Crippen LogP contribution in [0, 0.1) is 22.7 Å². The number of carbonyl (C=O) groups is 1. The molecule has 0 aliphatic heterocycles. The lowest BCUT2D eigenvalue weighted by Crippen LogP contribution is -2.29. The van der Waals surface area contributed by atoms with Crippen LogP contribution in [0.2, 0.25) is 0 Å². The zero-order valence-electron chi connectivity index (χ0n) is 8.33. The van der Waals surface area contributed by atoms with E-state index < -0.39 is 17.3 Å². The lowest BCUT2D eigenvalue weighted by Gasteiger charge is -2.23. The van der Waals surface area contributed by atoms with Crippen molar-refractivity contribution in [3.63, 3.8) is 0 Å². The molecule has 0 aliphatic carbocycles. The fourth-order valence-electron chi connectivity index (χ4n) is 0.866. The van der Waals surface area contributed by atoms with Crippen molar-refractivity contribution in [3.8, 4) is 6.07 Å². The van der Waals surface area contributed by atoms with E-state index >= 15 is 0 Å². The number of nitrogens with zero attached hydrogens (tertiary/aromatic N) is 1.